The maximum Gasteiger partial charge on any atom is 0.131 e. The predicted octanol–water partition coefficient (Wildman–Crippen LogP) is 3.08. The van der Waals surface area contributed by atoms with Gasteiger partial charge in [-0.25, -0.2) is 4.98 Å². The minimum atomic E-state index is -0.443. The summed E-state index contributed by atoms with van der Waals surface area (Å²) in [4.78, 5) is 4.16. The van der Waals surface area contributed by atoms with E-state index in [4.69, 9.17) is 4.74 Å². The van der Waals surface area contributed by atoms with Crippen molar-refractivity contribution >= 4 is 11.3 Å². The summed E-state index contributed by atoms with van der Waals surface area (Å²) in [5.74, 6) is 0.836. The Kier molecular flexibility index (Phi) is 3.76. The van der Waals surface area contributed by atoms with Crippen LogP contribution >= 0.6 is 11.3 Å². The Hall–Kier alpha value is -1.39. The molecule has 2 aromatic rings. The number of benzene rings is 1. The minimum Gasteiger partial charge on any atom is -0.487 e. The van der Waals surface area contributed by atoms with Crippen molar-refractivity contribution < 1.29 is 9.84 Å². The number of ether oxygens (including phenoxy) is 1. The molecule has 1 heterocycles. The van der Waals surface area contributed by atoms with Crippen LogP contribution < -0.4 is 4.74 Å². The molecule has 1 aromatic carbocycles. The van der Waals surface area contributed by atoms with Gasteiger partial charge in [-0.3, -0.25) is 0 Å². The van der Waals surface area contributed by atoms with Gasteiger partial charge in [0, 0.05) is 5.38 Å². The highest BCUT2D eigenvalue weighted by atomic mass is 32.1. The largest absolute Gasteiger partial charge is 0.487 e. The van der Waals surface area contributed by atoms with Crippen molar-refractivity contribution in [2.45, 2.75) is 26.6 Å². The molecule has 0 aliphatic rings. The number of rotatable bonds is 4. The number of hydrogen-bond donors (Lipinski definition) is 1. The molecule has 0 saturated heterocycles. The van der Waals surface area contributed by atoms with Crippen LogP contribution in [0.1, 0.15) is 29.8 Å². The summed E-state index contributed by atoms with van der Waals surface area (Å²) in [6.45, 7) is 4.21. The summed E-state index contributed by atoms with van der Waals surface area (Å²) in [6.07, 6.45) is -0.443. The fourth-order valence-electron chi connectivity index (χ4n) is 1.55. The van der Waals surface area contributed by atoms with E-state index in [0.29, 0.717) is 6.61 Å². The van der Waals surface area contributed by atoms with Crippen LogP contribution in [0.4, 0.5) is 0 Å². The molecule has 0 aliphatic carbocycles. The molecule has 2 rings (SSSR count). The van der Waals surface area contributed by atoms with Crippen molar-refractivity contribution in [3.63, 3.8) is 0 Å². The first-order chi connectivity index (χ1) is 8.16. The second kappa shape index (κ2) is 5.29. The summed E-state index contributed by atoms with van der Waals surface area (Å²) in [5.41, 5.74) is 4.67. The quantitative estimate of drug-likeness (QED) is 0.905. The van der Waals surface area contributed by atoms with Gasteiger partial charge in [-0.15, -0.1) is 11.3 Å². The minimum absolute atomic E-state index is 0.443. The Morgan fingerprint density at radius 1 is 1.47 bits per heavy atom. The van der Waals surface area contributed by atoms with Crippen LogP contribution in [0.2, 0.25) is 0 Å². The van der Waals surface area contributed by atoms with Crippen LogP contribution in [0.5, 0.6) is 5.75 Å². The Labute approximate surface area is 105 Å². The molecule has 0 amide bonds. The molecule has 0 radical (unpaired) electrons. The Morgan fingerprint density at radius 3 is 2.88 bits per heavy atom. The molecule has 0 fully saturated rings. The average molecular weight is 249 g/mol. The highest BCUT2D eigenvalue weighted by Gasteiger charge is 2.05. The van der Waals surface area contributed by atoms with E-state index in [9.17, 15) is 5.11 Å². The lowest BCUT2D eigenvalue weighted by atomic mass is 10.1. The van der Waals surface area contributed by atoms with E-state index < -0.39 is 6.10 Å². The van der Waals surface area contributed by atoms with Crippen molar-refractivity contribution in [3.8, 4) is 5.75 Å². The molecule has 0 aliphatic heterocycles. The Balaban J connectivity index is 2.06. The molecular weight excluding hydrogens is 234 g/mol. The van der Waals surface area contributed by atoms with Gasteiger partial charge in [0.25, 0.3) is 0 Å². The number of aliphatic hydroxyl groups excluding tert-OH is 1. The summed E-state index contributed by atoms with van der Waals surface area (Å²) in [5, 5.41) is 11.4. The van der Waals surface area contributed by atoms with Gasteiger partial charge >= 0.3 is 0 Å². The molecule has 1 atom stereocenters. The number of aromatic nitrogens is 1. The van der Waals surface area contributed by atoms with E-state index in [1.165, 1.54) is 0 Å². The summed E-state index contributed by atoms with van der Waals surface area (Å²) < 4.78 is 5.68. The summed E-state index contributed by atoms with van der Waals surface area (Å²) >= 11 is 1.56. The standard InChI is InChI=1S/C13H15NO2S/c1-9-5-11(10(2)15)3-4-13(9)16-6-12-7-17-8-14-12/h3-5,7-8,10,15H,6H2,1-2H3/t10-/m0/s1. The Morgan fingerprint density at radius 2 is 2.29 bits per heavy atom. The molecule has 3 nitrogen and oxygen atoms in total. The first kappa shape index (κ1) is 12.1. The summed E-state index contributed by atoms with van der Waals surface area (Å²) in [6, 6.07) is 5.72. The van der Waals surface area contributed by atoms with E-state index in [1.54, 1.807) is 23.8 Å². The molecule has 0 bridgehead atoms. The molecule has 4 heteroatoms. The Bertz CT molecular complexity index is 480. The predicted molar refractivity (Wildman–Crippen MR) is 68.3 cm³/mol. The zero-order chi connectivity index (χ0) is 12.3. The number of thiazole rings is 1. The van der Waals surface area contributed by atoms with Crippen molar-refractivity contribution in [1.29, 1.82) is 0 Å². The SMILES string of the molecule is Cc1cc([C@H](C)O)ccc1OCc1cscn1. The number of aryl methyl sites for hydroxylation is 1. The lowest BCUT2D eigenvalue weighted by Crippen LogP contribution is -1.98. The lowest BCUT2D eigenvalue weighted by Gasteiger charge is -2.11. The van der Waals surface area contributed by atoms with E-state index in [0.717, 1.165) is 22.6 Å². The normalized spacial score (nSPS) is 12.4. The maximum atomic E-state index is 9.47. The van der Waals surface area contributed by atoms with Crippen molar-refractivity contribution in [1.82, 2.24) is 4.98 Å². The molecule has 0 unspecified atom stereocenters. The first-order valence-corrected chi connectivity index (χ1v) is 6.39. The van der Waals surface area contributed by atoms with Crippen molar-refractivity contribution in [2.75, 3.05) is 0 Å². The highest BCUT2D eigenvalue weighted by molar-refractivity contribution is 7.07. The fourth-order valence-corrected chi connectivity index (χ4v) is 2.10. The smallest absolute Gasteiger partial charge is 0.131 e. The third-order valence-electron chi connectivity index (χ3n) is 2.54. The third-order valence-corrected chi connectivity index (χ3v) is 3.18. The van der Waals surface area contributed by atoms with Crippen LogP contribution in [0.25, 0.3) is 0 Å². The van der Waals surface area contributed by atoms with Gasteiger partial charge in [0.15, 0.2) is 0 Å². The van der Waals surface area contributed by atoms with Crippen LogP contribution in [-0.2, 0) is 6.61 Å². The lowest BCUT2D eigenvalue weighted by molar-refractivity contribution is 0.199. The third kappa shape index (κ3) is 3.05. The van der Waals surface area contributed by atoms with Gasteiger partial charge in [0.1, 0.15) is 12.4 Å². The van der Waals surface area contributed by atoms with Gasteiger partial charge in [0.05, 0.1) is 17.3 Å². The van der Waals surface area contributed by atoms with Crippen LogP contribution in [0.15, 0.2) is 29.1 Å². The van der Waals surface area contributed by atoms with Crippen molar-refractivity contribution in [3.05, 3.63) is 45.9 Å². The second-order valence-electron chi connectivity index (χ2n) is 3.97. The summed E-state index contributed by atoms with van der Waals surface area (Å²) in [7, 11) is 0. The monoisotopic (exact) mass is 249 g/mol. The fraction of sp³-hybridized carbons (Fsp3) is 0.308. The van der Waals surface area contributed by atoms with Crippen molar-refractivity contribution in [2.24, 2.45) is 0 Å². The van der Waals surface area contributed by atoms with E-state index >= 15 is 0 Å². The number of nitrogens with zero attached hydrogens (tertiary/aromatic N) is 1. The molecule has 1 N–H and O–H groups in total. The zero-order valence-electron chi connectivity index (χ0n) is 9.88. The zero-order valence-corrected chi connectivity index (χ0v) is 10.7. The van der Waals surface area contributed by atoms with Crippen LogP contribution in [0.3, 0.4) is 0 Å². The van der Waals surface area contributed by atoms with Crippen LogP contribution in [0, 0.1) is 6.92 Å². The van der Waals surface area contributed by atoms with Gasteiger partial charge < -0.3 is 9.84 Å². The molecule has 0 saturated carbocycles. The number of aliphatic hydroxyl groups is 1. The molecule has 1 aromatic heterocycles. The van der Waals surface area contributed by atoms with E-state index in [1.807, 2.05) is 30.5 Å². The average Bonchev–Trinajstić information content (AvgIpc) is 2.80. The van der Waals surface area contributed by atoms with E-state index in [-0.39, 0.29) is 0 Å². The molecule has 17 heavy (non-hydrogen) atoms. The maximum absolute atomic E-state index is 9.47. The molecular formula is C13H15NO2S. The van der Waals surface area contributed by atoms with E-state index in [2.05, 4.69) is 4.98 Å². The highest BCUT2D eigenvalue weighted by Crippen LogP contribution is 2.23. The van der Waals surface area contributed by atoms with Crippen LogP contribution in [-0.4, -0.2) is 10.1 Å². The first-order valence-electron chi connectivity index (χ1n) is 5.45. The van der Waals surface area contributed by atoms with Gasteiger partial charge in [-0.05, 0) is 37.1 Å². The van der Waals surface area contributed by atoms with Gasteiger partial charge in [0.2, 0.25) is 0 Å². The topological polar surface area (TPSA) is 42.4 Å². The number of hydrogen-bond acceptors (Lipinski definition) is 4. The van der Waals surface area contributed by atoms with Gasteiger partial charge in [-0.2, -0.15) is 0 Å². The van der Waals surface area contributed by atoms with Gasteiger partial charge in [-0.1, -0.05) is 6.07 Å². The molecule has 90 valence electrons. The second-order valence-corrected chi connectivity index (χ2v) is 4.69. The molecule has 0 spiro atoms.